The van der Waals surface area contributed by atoms with Gasteiger partial charge in [-0.1, -0.05) is 49.4 Å². The van der Waals surface area contributed by atoms with Crippen molar-refractivity contribution in [3.63, 3.8) is 0 Å². The van der Waals surface area contributed by atoms with E-state index in [4.69, 9.17) is 9.57 Å². The largest absolute Gasteiger partial charge is 0.442 e. The summed E-state index contributed by atoms with van der Waals surface area (Å²) in [6.07, 6.45) is 4.55. The highest BCUT2D eigenvalue weighted by atomic mass is 16.7. The Labute approximate surface area is 132 Å². The van der Waals surface area contributed by atoms with Gasteiger partial charge in [-0.05, 0) is 38.7 Å². The van der Waals surface area contributed by atoms with E-state index in [0.29, 0.717) is 6.61 Å². The van der Waals surface area contributed by atoms with Gasteiger partial charge in [-0.2, -0.15) is 5.06 Å². The Morgan fingerprint density at radius 2 is 1.95 bits per heavy atom. The summed E-state index contributed by atoms with van der Waals surface area (Å²) in [5.74, 6) is 0.253. The molecule has 1 aromatic rings. The van der Waals surface area contributed by atoms with Gasteiger partial charge >= 0.3 is 6.09 Å². The van der Waals surface area contributed by atoms with Crippen molar-refractivity contribution in [1.82, 2.24) is 5.06 Å². The first-order chi connectivity index (χ1) is 10.4. The van der Waals surface area contributed by atoms with Gasteiger partial charge in [-0.3, -0.25) is 4.84 Å². The van der Waals surface area contributed by atoms with E-state index < -0.39 is 11.7 Å². The van der Waals surface area contributed by atoms with E-state index in [1.807, 2.05) is 51.1 Å². The molecule has 1 aliphatic carbocycles. The number of carbonyl (C=O) groups excluding carboxylic acids is 1. The third-order valence-corrected chi connectivity index (χ3v) is 3.51. The summed E-state index contributed by atoms with van der Waals surface area (Å²) in [5.41, 5.74) is 0.482. The molecule has 0 saturated carbocycles. The molecule has 2 atom stereocenters. The summed E-state index contributed by atoms with van der Waals surface area (Å²) < 4.78 is 5.48. The number of benzene rings is 1. The van der Waals surface area contributed by atoms with Crippen molar-refractivity contribution < 1.29 is 14.4 Å². The van der Waals surface area contributed by atoms with Gasteiger partial charge in [0.05, 0.1) is 6.04 Å². The zero-order valence-electron chi connectivity index (χ0n) is 13.8. The maximum atomic E-state index is 12.5. The van der Waals surface area contributed by atoms with Crippen LogP contribution in [0, 0.1) is 5.92 Å². The molecule has 1 amide bonds. The number of rotatable bonds is 4. The molecule has 0 bridgehead atoms. The fourth-order valence-electron chi connectivity index (χ4n) is 2.39. The molecule has 0 aromatic heterocycles. The molecular formula is C18H25NO3. The number of hydroxylamine groups is 2. The Morgan fingerprint density at radius 3 is 2.50 bits per heavy atom. The van der Waals surface area contributed by atoms with Gasteiger partial charge in [-0.25, -0.2) is 4.79 Å². The van der Waals surface area contributed by atoms with Gasteiger partial charge in [0, 0.05) is 0 Å². The summed E-state index contributed by atoms with van der Waals surface area (Å²) in [6.45, 7) is 8.00. The number of ether oxygens (including phenoxy) is 1. The van der Waals surface area contributed by atoms with Crippen LogP contribution in [-0.2, 0) is 16.2 Å². The molecule has 2 unspecified atom stereocenters. The lowest BCUT2D eigenvalue weighted by molar-refractivity contribution is -0.182. The van der Waals surface area contributed by atoms with Crippen LogP contribution in [0.4, 0.5) is 4.79 Å². The highest BCUT2D eigenvalue weighted by molar-refractivity contribution is 5.67. The zero-order valence-corrected chi connectivity index (χ0v) is 13.8. The van der Waals surface area contributed by atoms with Crippen LogP contribution < -0.4 is 0 Å². The molecule has 0 radical (unpaired) electrons. The first-order valence-electron chi connectivity index (χ1n) is 7.72. The molecule has 4 nitrogen and oxygen atoms in total. The van der Waals surface area contributed by atoms with Crippen molar-refractivity contribution in [3.05, 3.63) is 48.0 Å². The van der Waals surface area contributed by atoms with Crippen LogP contribution in [0.3, 0.4) is 0 Å². The van der Waals surface area contributed by atoms with Gasteiger partial charge < -0.3 is 4.74 Å². The van der Waals surface area contributed by atoms with E-state index in [-0.39, 0.29) is 12.0 Å². The predicted molar refractivity (Wildman–Crippen MR) is 86.0 cm³/mol. The summed E-state index contributed by atoms with van der Waals surface area (Å²) in [4.78, 5) is 18.3. The summed E-state index contributed by atoms with van der Waals surface area (Å²) >= 11 is 0. The van der Waals surface area contributed by atoms with Crippen LogP contribution >= 0.6 is 0 Å². The Bertz CT molecular complexity index is 519. The third-order valence-electron chi connectivity index (χ3n) is 3.51. The van der Waals surface area contributed by atoms with E-state index in [2.05, 4.69) is 19.1 Å². The Morgan fingerprint density at radius 1 is 1.27 bits per heavy atom. The van der Waals surface area contributed by atoms with Gasteiger partial charge in [-0.15, -0.1) is 0 Å². The van der Waals surface area contributed by atoms with E-state index in [1.165, 1.54) is 5.06 Å². The van der Waals surface area contributed by atoms with E-state index in [0.717, 1.165) is 12.0 Å². The maximum Gasteiger partial charge on any atom is 0.434 e. The number of amides is 1. The summed E-state index contributed by atoms with van der Waals surface area (Å²) in [6, 6.07) is 9.80. The normalized spacial score (nSPS) is 20.9. The molecule has 0 spiro atoms. The van der Waals surface area contributed by atoms with E-state index in [9.17, 15) is 4.79 Å². The summed E-state index contributed by atoms with van der Waals surface area (Å²) in [7, 11) is 0. The molecule has 4 heteroatoms. The Hall–Kier alpha value is -1.81. The Kier molecular flexibility index (Phi) is 5.24. The quantitative estimate of drug-likeness (QED) is 0.614. The second kappa shape index (κ2) is 6.97. The monoisotopic (exact) mass is 303 g/mol. The lowest BCUT2D eigenvalue weighted by atomic mass is 10.1. The fraction of sp³-hybridized carbons (Fsp3) is 0.500. The summed E-state index contributed by atoms with van der Waals surface area (Å²) in [5, 5.41) is 1.41. The molecule has 22 heavy (non-hydrogen) atoms. The van der Waals surface area contributed by atoms with Crippen LogP contribution in [-0.4, -0.2) is 22.8 Å². The van der Waals surface area contributed by atoms with Gasteiger partial charge in [0.15, 0.2) is 0 Å². The van der Waals surface area contributed by atoms with Crippen molar-refractivity contribution in [1.29, 1.82) is 0 Å². The van der Waals surface area contributed by atoms with Gasteiger partial charge in [0.25, 0.3) is 0 Å². The van der Waals surface area contributed by atoms with E-state index in [1.54, 1.807) is 0 Å². The van der Waals surface area contributed by atoms with Crippen LogP contribution in [0.1, 0.15) is 39.7 Å². The minimum atomic E-state index is -0.541. The van der Waals surface area contributed by atoms with Crippen molar-refractivity contribution in [3.8, 4) is 0 Å². The molecule has 2 rings (SSSR count). The molecule has 0 N–H and O–H groups in total. The Balaban J connectivity index is 2.06. The molecule has 0 aliphatic heterocycles. The van der Waals surface area contributed by atoms with Crippen molar-refractivity contribution in [2.45, 2.75) is 52.4 Å². The maximum absolute atomic E-state index is 12.5. The molecule has 1 aromatic carbocycles. The molecule has 0 fully saturated rings. The molecule has 120 valence electrons. The SMILES string of the molecule is CC1C=CCC1N(OCc1ccccc1)C(=O)OC(C)(C)C. The zero-order chi connectivity index (χ0) is 16.2. The number of hydrogen-bond acceptors (Lipinski definition) is 3. The molecule has 0 heterocycles. The van der Waals surface area contributed by atoms with Crippen molar-refractivity contribution in [2.24, 2.45) is 5.92 Å². The van der Waals surface area contributed by atoms with Crippen LogP contribution in [0.15, 0.2) is 42.5 Å². The topological polar surface area (TPSA) is 38.8 Å². The van der Waals surface area contributed by atoms with Crippen molar-refractivity contribution in [2.75, 3.05) is 0 Å². The highest BCUT2D eigenvalue weighted by Crippen LogP contribution is 2.26. The van der Waals surface area contributed by atoms with Crippen LogP contribution in [0.25, 0.3) is 0 Å². The van der Waals surface area contributed by atoms with Crippen LogP contribution in [0.2, 0.25) is 0 Å². The fourth-order valence-corrected chi connectivity index (χ4v) is 2.39. The third kappa shape index (κ3) is 4.60. The highest BCUT2D eigenvalue weighted by Gasteiger charge is 2.33. The number of nitrogens with zero attached hydrogens (tertiary/aromatic N) is 1. The predicted octanol–water partition coefficient (Wildman–Crippen LogP) is 4.32. The molecule has 1 aliphatic rings. The average molecular weight is 303 g/mol. The first kappa shape index (κ1) is 16.6. The second-order valence-electron chi connectivity index (χ2n) is 6.66. The lowest BCUT2D eigenvalue weighted by Gasteiger charge is -2.32. The minimum absolute atomic E-state index is 0.0152. The van der Waals surface area contributed by atoms with Crippen LogP contribution in [0.5, 0.6) is 0 Å². The lowest BCUT2D eigenvalue weighted by Crippen LogP contribution is -2.44. The minimum Gasteiger partial charge on any atom is -0.442 e. The standard InChI is InChI=1S/C18H25NO3/c1-14-9-8-12-16(14)19(17(20)22-18(2,3)4)21-13-15-10-6-5-7-11-15/h5-11,14,16H,12-13H2,1-4H3. The first-order valence-corrected chi connectivity index (χ1v) is 7.72. The average Bonchev–Trinajstić information content (AvgIpc) is 2.85. The molecule has 0 saturated heterocycles. The smallest absolute Gasteiger partial charge is 0.434 e. The van der Waals surface area contributed by atoms with E-state index >= 15 is 0 Å². The van der Waals surface area contributed by atoms with Gasteiger partial charge in [0.2, 0.25) is 0 Å². The number of hydrogen-bond donors (Lipinski definition) is 0. The molecular weight excluding hydrogens is 278 g/mol. The van der Waals surface area contributed by atoms with Crippen molar-refractivity contribution >= 4 is 6.09 Å². The van der Waals surface area contributed by atoms with Gasteiger partial charge in [0.1, 0.15) is 12.2 Å². The second-order valence-corrected chi connectivity index (χ2v) is 6.66. The number of carbonyl (C=O) groups is 1.